The molecule has 2 N–H and O–H groups in total. The highest BCUT2D eigenvalue weighted by atomic mass is 16.4. The topological polar surface area (TPSA) is 57.5 Å². The number of aromatic carboxylic acids is 1. The van der Waals surface area contributed by atoms with Gasteiger partial charge in [-0.3, -0.25) is 0 Å². The van der Waals surface area contributed by atoms with E-state index in [2.05, 4.69) is 0 Å². The summed E-state index contributed by atoms with van der Waals surface area (Å²) in [5.41, 5.74) is 1.80. The lowest BCUT2D eigenvalue weighted by Gasteiger charge is -2.30. The summed E-state index contributed by atoms with van der Waals surface area (Å²) in [6.45, 7) is 14.0. The van der Waals surface area contributed by atoms with Crippen molar-refractivity contribution in [3.05, 3.63) is 28.3 Å². The van der Waals surface area contributed by atoms with Crippen molar-refractivity contribution in [3.63, 3.8) is 0 Å². The summed E-state index contributed by atoms with van der Waals surface area (Å²) in [6, 6.07) is 1.87. The Hall–Kier alpha value is -1.51. The van der Waals surface area contributed by atoms with E-state index in [1.165, 1.54) is 0 Å². The quantitative estimate of drug-likeness (QED) is 0.853. The third-order valence-corrected chi connectivity index (χ3v) is 3.67. The van der Waals surface area contributed by atoms with Crippen molar-refractivity contribution in [1.29, 1.82) is 0 Å². The number of carboxylic acids is 1. The maximum absolute atomic E-state index is 11.8. The molecule has 0 fully saturated rings. The molecule has 3 heteroatoms. The van der Waals surface area contributed by atoms with Crippen LogP contribution in [0.3, 0.4) is 0 Å². The molecule has 0 aliphatic rings. The maximum Gasteiger partial charge on any atom is 0.336 e. The van der Waals surface area contributed by atoms with Gasteiger partial charge in [0.2, 0.25) is 0 Å². The van der Waals surface area contributed by atoms with Crippen LogP contribution in [0.1, 0.15) is 81.9 Å². The second-order valence-corrected chi connectivity index (χ2v) is 7.74. The molecule has 0 aliphatic carbocycles. The van der Waals surface area contributed by atoms with E-state index in [9.17, 15) is 15.0 Å². The van der Waals surface area contributed by atoms with E-state index >= 15 is 0 Å². The third kappa shape index (κ3) is 3.58. The fourth-order valence-corrected chi connectivity index (χ4v) is 2.74. The molecule has 1 aromatic carbocycles. The zero-order valence-corrected chi connectivity index (χ0v) is 14.3. The summed E-state index contributed by atoms with van der Waals surface area (Å²) in [5.74, 6) is -0.827. The van der Waals surface area contributed by atoms with E-state index in [0.29, 0.717) is 12.0 Å². The van der Waals surface area contributed by atoms with Gasteiger partial charge in [-0.25, -0.2) is 4.79 Å². The Balaban J connectivity index is 3.87. The standard InChI is InChI=1S/C18H28O3/c1-8-9-11-10-12(17(2,3)4)15(19)14(18(5,6)7)13(11)16(20)21/h10,19H,8-9H2,1-7H3,(H,20,21). The molecule has 0 unspecified atom stereocenters. The van der Waals surface area contributed by atoms with Crippen LogP contribution in [0.15, 0.2) is 6.07 Å². The normalized spacial score (nSPS) is 12.5. The number of rotatable bonds is 3. The first-order valence-corrected chi connectivity index (χ1v) is 7.54. The average molecular weight is 292 g/mol. The largest absolute Gasteiger partial charge is 0.507 e. The lowest BCUT2D eigenvalue weighted by molar-refractivity contribution is 0.0692. The van der Waals surface area contributed by atoms with Crippen molar-refractivity contribution in [2.45, 2.75) is 72.1 Å². The first-order chi connectivity index (χ1) is 9.41. The van der Waals surface area contributed by atoms with Crippen LogP contribution in [-0.4, -0.2) is 16.2 Å². The van der Waals surface area contributed by atoms with Crippen molar-refractivity contribution < 1.29 is 15.0 Å². The van der Waals surface area contributed by atoms with E-state index < -0.39 is 11.4 Å². The van der Waals surface area contributed by atoms with Crippen molar-refractivity contribution in [2.75, 3.05) is 0 Å². The van der Waals surface area contributed by atoms with Gasteiger partial charge < -0.3 is 10.2 Å². The molecule has 0 saturated heterocycles. The van der Waals surface area contributed by atoms with Gasteiger partial charge in [-0.15, -0.1) is 0 Å². The van der Waals surface area contributed by atoms with Gasteiger partial charge in [0.1, 0.15) is 5.75 Å². The summed E-state index contributed by atoms with van der Waals surface area (Å²) in [5, 5.41) is 20.4. The minimum absolute atomic E-state index is 0.132. The van der Waals surface area contributed by atoms with Crippen LogP contribution in [-0.2, 0) is 17.3 Å². The number of benzene rings is 1. The first kappa shape index (κ1) is 17.5. The van der Waals surface area contributed by atoms with Gasteiger partial charge in [0.05, 0.1) is 5.56 Å². The monoisotopic (exact) mass is 292 g/mol. The molecule has 1 rings (SSSR count). The number of aryl methyl sites for hydroxylation is 1. The minimum atomic E-state index is -0.959. The number of hydrogen-bond donors (Lipinski definition) is 2. The molecule has 0 heterocycles. The summed E-state index contributed by atoms with van der Waals surface area (Å²) < 4.78 is 0. The Bertz CT molecular complexity index is 543. The molecule has 0 aliphatic heterocycles. The molecule has 21 heavy (non-hydrogen) atoms. The second-order valence-electron chi connectivity index (χ2n) is 7.74. The molecule has 0 spiro atoms. The van der Waals surface area contributed by atoms with Gasteiger partial charge in [-0.2, -0.15) is 0 Å². The highest BCUT2D eigenvalue weighted by Gasteiger charge is 2.32. The van der Waals surface area contributed by atoms with Crippen LogP contribution >= 0.6 is 0 Å². The highest BCUT2D eigenvalue weighted by Crippen LogP contribution is 2.42. The predicted octanol–water partition coefficient (Wildman–Crippen LogP) is 4.64. The van der Waals surface area contributed by atoms with Gasteiger partial charge in [0.25, 0.3) is 0 Å². The van der Waals surface area contributed by atoms with Gasteiger partial charge in [0.15, 0.2) is 0 Å². The fourth-order valence-electron chi connectivity index (χ4n) is 2.74. The van der Waals surface area contributed by atoms with Crippen molar-refractivity contribution in [3.8, 4) is 5.75 Å². The minimum Gasteiger partial charge on any atom is -0.507 e. The SMILES string of the molecule is CCCc1cc(C(C)(C)C)c(O)c(C(C)(C)C)c1C(=O)O. The zero-order chi connectivity index (χ0) is 16.6. The molecular weight excluding hydrogens is 264 g/mol. The molecule has 0 saturated carbocycles. The Morgan fingerprint density at radius 2 is 1.62 bits per heavy atom. The van der Waals surface area contributed by atoms with Crippen molar-refractivity contribution in [2.24, 2.45) is 0 Å². The zero-order valence-electron chi connectivity index (χ0n) is 14.3. The third-order valence-electron chi connectivity index (χ3n) is 3.67. The molecule has 3 nitrogen and oxygen atoms in total. The van der Waals surface area contributed by atoms with E-state index in [1.807, 2.05) is 54.5 Å². The number of phenolic OH excluding ortho intramolecular Hbond substituents is 1. The maximum atomic E-state index is 11.8. The molecular formula is C18H28O3. The lowest BCUT2D eigenvalue weighted by atomic mass is 9.75. The van der Waals surface area contributed by atoms with Gasteiger partial charge in [0, 0.05) is 5.56 Å². The van der Waals surface area contributed by atoms with Gasteiger partial charge >= 0.3 is 5.97 Å². The van der Waals surface area contributed by atoms with E-state index in [1.54, 1.807) is 0 Å². The van der Waals surface area contributed by atoms with Crippen LogP contribution in [0.5, 0.6) is 5.75 Å². The van der Waals surface area contributed by atoms with Crippen LogP contribution < -0.4 is 0 Å². The Kier molecular flexibility index (Phi) is 4.76. The predicted molar refractivity (Wildman–Crippen MR) is 86.5 cm³/mol. The van der Waals surface area contributed by atoms with Crippen molar-refractivity contribution >= 4 is 5.97 Å². The molecule has 0 aromatic heterocycles. The molecule has 118 valence electrons. The molecule has 0 amide bonds. The smallest absolute Gasteiger partial charge is 0.336 e. The molecule has 0 radical (unpaired) electrons. The summed E-state index contributed by atoms with van der Waals surface area (Å²) in [7, 11) is 0. The van der Waals surface area contributed by atoms with E-state index in [-0.39, 0.29) is 16.7 Å². The van der Waals surface area contributed by atoms with Crippen molar-refractivity contribution in [1.82, 2.24) is 0 Å². The first-order valence-electron chi connectivity index (χ1n) is 7.54. The second kappa shape index (κ2) is 5.70. The summed E-state index contributed by atoms with van der Waals surface area (Å²) >= 11 is 0. The number of phenols is 1. The van der Waals surface area contributed by atoms with Gasteiger partial charge in [-0.1, -0.05) is 61.0 Å². The van der Waals surface area contributed by atoms with Crippen LogP contribution in [0.25, 0.3) is 0 Å². The number of aromatic hydroxyl groups is 1. The molecule has 0 atom stereocenters. The van der Waals surface area contributed by atoms with Crippen LogP contribution in [0.2, 0.25) is 0 Å². The fraction of sp³-hybridized carbons (Fsp3) is 0.611. The average Bonchev–Trinajstić information content (AvgIpc) is 2.27. The molecule has 0 bridgehead atoms. The van der Waals surface area contributed by atoms with Gasteiger partial charge in [-0.05, 0) is 28.4 Å². The van der Waals surface area contributed by atoms with Crippen LogP contribution in [0, 0.1) is 0 Å². The highest BCUT2D eigenvalue weighted by molar-refractivity contribution is 5.93. The Morgan fingerprint density at radius 1 is 1.10 bits per heavy atom. The number of carboxylic acid groups (broad SMARTS) is 1. The lowest BCUT2D eigenvalue weighted by Crippen LogP contribution is -2.23. The van der Waals surface area contributed by atoms with E-state index in [0.717, 1.165) is 17.5 Å². The number of carbonyl (C=O) groups is 1. The summed E-state index contributed by atoms with van der Waals surface area (Å²) in [6.07, 6.45) is 1.58. The molecule has 1 aromatic rings. The summed E-state index contributed by atoms with van der Waals surface area (Å²) in [4.78, 5) is 11.8. The Labute approximate surface area is 128 Å². The Morgan fingerprint density at radius 3 is 1.95 bits per heavy atom. The van der Waals surface area contributed by atoms with Crippen LogP contribution in [0.4, 0.5) is 0 Å². The number of hydrogen-bond acceptors (Lipinski definition) is 2. The van der Waals surface area contributed by atoms with E-state index in [4.69, 9.17) is 0 Å².